The lowest BCUT2D eigenvalue weighted by molar-refractivity contribution is -0.136. The molecule has 1 saturated carbocycles. The predicted molar refractivity (Wildman–Crippen MR) is 77.3 cm³/mol. The van der Waals surface area contributed by atoms with Gasteiger partial charge in [-0.25, -0.2) is 0 Å². The second kappa shape index (κ2) is 6.20. The van der Waals surface area contributed by atoms with Gasteiger partial charge in [-0.05, 0) is 36.8 Å². The van der Waals surface area contributed by atoms with E-state index in [0.717, 1.165) is 12.1 Å². The molecular weight excluding hydrogens is 236 g/mol. The Morgan fingerprint density at radius 3 is 2.53 bits per heavy atom. The minimum atomic E-state index is 0.171. The van der Waals surface area contributed by atoms with Gasteiger partial charge in [0, 0.05) is 25.6 Å². The Bertz CT molecular complexity index is 440. The molecule has 1 aromatic rings. The molecule has 0 aliphatic heterocycles. The van der Waals surface area contributed by atoms with Gasteiger partial charge in [0.2, 0.25) is 5.91 Å². The molecule has 1 unspecified atom stereocenters. The molecule has 2 rings (SSSR count). The van der Waals surface area contributed by atoms with Crippen molar-refractivity contribution < 1.29 is 4.79 Å². The number of benzene rings is 1. The van der Waals surface area contributed by atoms with Gasteiger partial charge in [-0.2, -0.15) is 0 Å². The fourth-order valence-electron chi connectivity index (χ4n) is 2.55. The summed E-state index contributed by atoms with van der Waals surface area (Å²) in [5.41, 5.74) is 8.06. The lowest BCUT2D eigenvalue weighted by Crippen LogP contribution is -2.35. The third-order valence-electron chi connectivity index (χ3n) is 4.11. The van der Waals surface area contributed by atoms with Crippen LogP contribution in [0.4, 0.5) is 0 Å². The Labute approximate surface area is 115 Å². The first-order valence-electron chi connectivity index (χ1n) is 7.23. The Morgan fingerprint density at radius 1 is 1.37 bits per heavy atom. The molecule has 2 N–H and O–H groups in total. The number of nitrogens with two attached hydrogens (primary N) is 1. The summed E-state index contributed by atoms with van der Waals surface area (Å²) in [6.07, 6.45) is 2.42. The van der Waals surface area contributed by atoms with Crippen molar-refractivity contribution in [3.05, 3.63) is 35.4 Å². The molecule has 0 spiro atoms. The van der Waals surface area contributed by atoms with Gasteiger partial charge in [0.25, 0.3) is 0 Å². The minimum Gasteiger partial charge on any atom is -0.338 e. The Kier molecular flexibility index (Phi) is 4.59. The highest BCUT2D eigenvalue weighted by atomic mass is 16.2. The molecule has 1 aliphatic carbocycles. The monoisotopic (exact) mass is 260 g/mol. The third kappa shape index (κ3) is 3.35. The topological polar surface area (TPSA) is 46.3 Å². The largest absolute Gasteiger partial charge is 0.338 e. The number of hydrogen-bond acceptors (Lipinski definition) is 2. The molecule has 1 aromatic carbocycles. The summed E-state index contributed by atoms with van der Waals surface area (Å²) in [7, 11) is 0. The van der Waals surface area contributed by atoms with Crippen LogP contribution in [0.3, 0.4) is 0 Å². The number of hydrogen-bond donors (Lipinski definition) is 1. The summed E-state index contributed by atoms with van der Waals surface area (Å²) in [4.78, 5) is 14.4. The molecule has 1 fully saturated rings. The summed E-state index contributed by atoms with van der Waals surface area (Å²) in [6.45, 7) is 6.08. The van der Waals surface area contributed by atoms with Crippen LogP contribution in [0.15, 0.2) is 24.3 Å². The van der Waals surface area contributed by atoms with Crippen LogP contribution in [-0.4, -0.2) is 17.4 Å². The second-order valence-corrected chi connectivity index (χ2v) is 5.45. The van der Waals surface area contributed by atoms with Crippen LogP contribution in [0.1, 0.15) is 37.8 Å². The standard InChI is InChI=1S/C16H24N2O/c1-3-18(16(19)12(2)13-8-9-13)11-15-7-5-4-6-14(15)10-17/h4-7,12-13H,3,8-11,17H2,1-2H3. The van der Waals surface area contributed by atoms with Crippen LogP contribution < -0.4 is 5.73 Å². The number of carbonyl (C=O) groups is 1. The molecule has 0 aromatic heterocycles. The maximum Gasteiger partial charge on any atom is 0.225 e. The summed E-state index contributed by atoms with van der Waals surface area (Å²) < 4.78 is 0. The van der Waals surface area contributed by atoms with E-state index in [1.54, 1.807) is 0 Å². The normalized spacial score (nSPS) is 16.2. The highest BCUT2D eigenvalue weighted by Crippen LogP contribution is 2.37. The lowest BCUT2D eigenvalue weighted by atomic mass is 10.0. The highest BCUT2D eigenvalue weighted by Gasteiger charge is 2.34. The SMILES string of the molecule is CCN(Cc1ccccc1CN)C(=O)C(C)C1CC1. The van der Waals surface area contributed by atoms with Crippen molar-refractivity contribution in [1.29, 1.82) is 0 Å². The first kappa shape index (κ1) is 14.1. The number of amides is 1. The molecule has 0 saturated heterocycles. The molecule has 19 heavy (non-hydrogen) atoms. The highest BCUT2D eigenvalue weighted by molar-refractivity contribution is 5.79. The van der Waals surface area contributed by atoms with Crippen molar-refractivity contribution in [3.63, 3.8) is 0 Å². The average molecular weight is 260 g/mol. The zero-order chi connectivity index (χ0) is 13.8. The van der Waals surface area contributed by atoms with E-state index in [1.807, 2.05) is 30.0 Å². The summed E-state index contributed by atoms with van der Waals surface area (Å²) >= 11 is 0. The molecule has 0 heterocycles. The van der Waals surface area contributed by atoms with E-state index < -0.39 is 0 Å². The Balaban J connectivity index is 2.07. The van der Waals surface area contributed by atoms with E-state index in [-0.39, 0.29) is 11.8 Å². The van der Waals surface area contributed by atoms with E-state index >= 15 is 0 Å². The van der Waals surface area contributed by atoms with Gasteiger partial charge in [-0.1, -0.05) is 31.2 Å². The molecule has 0 radical (unpaired) electrons. The van der Waals surface area contributed by atoms with Crippen LogP contribution in [-0.2, 0) is 17.9 Å². The van der Waals surface area contributed by atoms with Crippen molar-refractivity contribution in [2.24, 2.45) is 17.6 Å². The number of nitrogens with zero attached hydrogens (tertiary/aromatic N) is 1. The van der Waals surface area contributed by atoms with Crippen LogP contribution in [0.25, 0.3) is 0 Å². The van der Waals surface area contributed by atoms with Crippen LogP contribution in [0, 0.1) is 11.8 Å². The van der Waals surface area contributed by atoms with Crippen molar-refractivity contribution in [2.75, 3.05) is 6.54 Å². The van der Waals surface area contributed by atoms with E-state index in [0.29, 0.717) is 19.0 Å². The van der Waals surface area contributed by atoms with Gasteiger partial charge in [0.1, 0.15) is 0 Å². The van der Waals surface area contributed by atoms with Gasteiger partial charge >= 0.3 is 0 Å². The molecular formula is C16H24N2O. The van der Waals surface area contributed by atoms with Crippen LogP contribution in [0.5, 0.6) is 0 Å². The van der Waals surface area contributed by atoms with E-state index in [4.69, 9.17) is 5.73 Å². The van der Waals surface area contributed by atoms with Gasteiger partial charge in [0.15, 0.2) is 0 Å². The Morgan fingerprint density at radius 2 is 2.00 bits per heavy atom. The maximum atomic E-state index is 12.5. The van der Waals surface area contributed by atoms with Gasteiger partial charge in [0.05, 0.1) is 0 Å². The first-order chi connectivity index (χ1) is 9.17. The predicted octanol–water partition coefficient (Wildman–Crippen LogP) is 2.54. The molecule has 1 amide bonds. The quantitative estimate of drug-likeness (QED) is 0.854. The fraction of sp³-hybridized carbons (Fsp3) is 0.562. The summed E-state index contributed by atoms with van der Waals surface area (Å²) in [5, 5.41) is 0. The first-order valence-corrected chi connectivity index (χ1v) is 7.23. The van der Waals surface area contributed by atoms with E-state index in [9.17, 15) is 4.79 Å². The molecule has 1 aliphatic rings. The lowest BCUT2D eigenvalue weighted by Gasteiger charge is -2.25. The van der Waals surface area contributed by atoms with Crippen LogP contribution in [0.2, 0.25) is 0 Å². The molecule has 1 atom stereocenters. The Hall–Kier alpha value is -1.35. The average Bonchev–Trinajstić information content (AvgIpc) is 3.28. The minimum absolute atomic E-state index is 0.171. The van der Waals surface area contributed by atoms with Crippen molar-refractivity contribution >= 4 is 5.91 Å². The van der Waals surface area contributed by atoms with Crippen molar-refractivity contribution in [1.82, 2.24) is 4.90 Å². The summed E-state index contributed by atoms with van der Waals surface area (Å²) in [5.74, 6) is 1.08. The number of carbonyl (C=O) groups excluding carboxylic acids is 1. The van der Waals surface area contributed by atoms with Crippen molar-refractivity contribution in [2.45, 2.75) is 39.8 Å². The summed E-state index contributed by atoms with van der Waals surface area (Å²) in [6, 6.07) is 8.12. The van der Waals surface area contributed by atoms with Gasteiger partial charge in [-0.3, -0.25) is 4.79 Å². The number of rotatable bonds is 6. The van der Waals surface area contributed by atoms with Crippen LogP contribution >= 0.6 is 0 Å². The second-order valence-electron chi connectivity index (χ2n) is 5.45. The smallest absolute Gasteiger partial charge is 0.225 e. The zero-order valence-corrected chi connectivity index (χ0v) is 11.9. The fourth-order valence-corrected chi connectivity index (χ4v) is 2.55. The van der Waals surface area contributed by atoms with E-state index in [1.165, 1.54) is 18.4 Å². The maximum absolute atomic E-state index is 12.5. The van der Waals surface area contributed by atoms with Crippen molar-refractivity contribution in [3.8, 4) is 0 Å². The van der Waals surface area contributed by atoms with Gasteiger partial charge < -0.3 is 10.6 Å². The molecule has 3 nitrogen and oxygen atoms in total. The molecule has 3 heteroatoms. The molecule has 104 valence electrons. The van der Waals surface area contributed by atoms with Gasteiger partial charge in [-0.15, -0.1) is 0 Å². The van der Waals surface area contributed by atoms with E-state index in [2.05, 4.69) is 13.0 Å². The molecule has 0 bridgehead atoms. The third-order valence-corrected chi connectivity index (χ3v) is 4.11. The zero-order valence-electron chi connectivity index (χ0n) is 11.9.